The molecule has 0 spiro atoms. The molecule has 0 atom stereocenters. The molecule has 1 aromatic carbocycles. The first-order valence-electron chi connectivity index (χ1n) is 9.47. The second-order valence-corrected chi connectivity index (χ2v) is 7.62. The van der Waals surface area contributed by atoms with Crippen molar-refractivity contribution in [1.29, 1.82) is 0 Å². The van der Waals surface area contributed by atoms with Gasteiger partial charge in [0.1, 0.15) is 0 Å². The van der Waals surface area contributed by atoms with E-state index < -0.39 is 0 Å². The van der Waals surface area contributed by atoms with E-state index in [0.29, 0.717) is 37.5 Å². The molecule has 6 heteroatoms. The molecule has 0 saturated carbocycles. The van der Waals surface area contributed by atoms with Crippen molar-refractivity contribution in [3.63, 3.8) is 0 Å². The van der Waals surface area contributed by atoms with Crippen LogP contribution in [-0.2, 0) is 9.59 Å². The molecule has 1 N–H and O–H groups in total. The van der Waals surface area contributed by atoms with E-state index in [-0.39, 0.29) is 11.8 Å². The van der Waals surface area contributed by atoms with E-state index in [1.165, 1.54) is 28.0 Å². The average molecular weight is 388 g/mol. The Kier molecular flexibility index (Phi) is 7.54. The third-order valence-corrected chi connectivity index (χ3v) is 5.54. The maximum Gasteiger partial charge on any atom is 0.226 e. The lowest BCUT2D eigenvalue weighted by Gasteiger charge is -2.18. The zero-order chi connectivity index (χ0) is 20.0. The van der Waals surface area contributed by atoms with Gasteiger partial charge in [0.2, 0.25) is 11.8 Å². The first-order chi connectivity index (χ1) is 12.8. The first kappa shape index (κ1) is 21.1. The summed E-state index contributed by atoms with van der Waals surface area (Å²) in [5.41, 5.74) is 5.65. The summed E-state index contributed by atoms with van der Waals surface area (Å²) < 4.78 is 0. The maximum atomic E-state index is 12.1. The number of aromatic nitrogens is 1. The Balaban J connectivity index is 1.91. The normalized spacial score (nSPS) is 10.7. The molecule has 1 aromatic heterocycles. The SMILES string of the molecule is CCN(CC)C(=O)CCCC(=O)Nc1nc(-c2cc(C)c(C)cc2C)cs1. The fraction of sp³-hybridized carbons (Fsp3) is 0.476. The van der Waals surface area contributed by atoms with Crippen LogP contribution < -0.4 is 5.32 Å². The Morgan fingerprint density at radius 2 is 1.70 bits per heavy atom. The van der Waals surface area contributed by atoms with Crippen molar-refractivity contribution in [3.8, 4) is 11.3 Å². The van der Waals surface area contributed by atoms with Gasteiger partial charge in [-0.05, 0) is 63.8 Å². The molecule has 0 fully saturated rings. The monoisotopic (exact) mass is 387 g/mol. The van der Waals surface area contributed by atoms with Crippen molar-refractivity contribution >= 4 is 28.3 Å². The number of amides is 2. The van der Waals surface area contributed by atoms with Gasteiger partial charge in [0, 0.05) is 36.9 Å². The summed E-state index contributed by atoms with van der Waals surface area (Å²) in [6.07, 6.45) is 1.28. The van der Waals surface area contributed by atoms with Gasteiger partial charge >= 0.3 is 0 Å². The summed E-state index contributed by atoms with van der Waals surface area (Å²) >= 11 is 1.43. The highest BCUT2D eigenvalue weighted by molar-refractivity contribution is 7.14. The Morgan fingerprint density at radius 3 is 2.37 bits per heavy atom. The van der Waals surface area contributed by atoms with E-state index in [1.807, 2.05) is 19.2 Å². The Hall–Kier alpha value is -2.21. The molecule has 1 heterocycles. The number of thiazole rings is 1. The number of nitrogens with one attached hydrogen (secondary N) is 1. The third-order valence-electron chi connectivity index (χ3n) is 4.78. The molecule has 0 unspecified atom stereocenters. The third kappa shape index (κ3) is 5.63. The van der Waals surface area contributed by atoms with Crippen LogP contribution in [0, 0.1) is 20.8 Å². The molecular formula is C21H29N3O2S. The topological polar surface area (TPSA) is 62.3 Å². The van der Waals surface area contributed by atoms with Crippen molar-refractivity contribution < 1.29 is 9.59 Å². The molecule has 0 aliphatic carbocycles. The van der Waals surface area contributed by atoms with E-state index in [4.69, 9.17) is 0 Å². The number of aryl methyl sites for hydroxylation is 3. The van der Waals surface area contributed by atoms with E-state index in [2.05, 4.69) is 43.2 Å². The maximum absolute atomic E-state index is 12.1. The quantitative estimate of drug-likeness (QED) is 0.713. The minimum absolute atomic E-state index is 0.0972. The van der Waals surface area contributed by atoms with E-state index in [9.17, 15) is 9.59 Å². The van der Waals surface area contributed by atoms with Gasteiger partial charge in [-0.2, -0.15) is 0 Å². The number of benzene rings is 1. The van der Waals surface area contributed by atoms with Crippen LogP contribution in [0.2, 0.25) is 0 Å². The zero-order valence-electron chi connectivity index (χ0n) is 16.9. The molecule has 0 aliphatic heterocycles. The Morgan fingerprint density at radius 1 is 1.04 bits per heavy atom. The van der Waals surface area contributed by atoms with Crippen molar-refractivity contribution in [2.75, 3.05) is 18.4 Å². The van der Waals surface area contributed by atoms with Crippen LogP contribution in [0.25, 0.3) is 11.3 Å². The van der Waals surface area contributed by atoms with Gasteiger partial charge in [-0.25, -0.2) is 4.98 Å². The fourth-order valence-corrected chi connectivity index (χ4v) is 3.73. The van der Waals surface area contributed by atoms with Gasteiger partial charge in [0.25, 0.3) is 0 Å². The van der Waals surface area contributed by atoms with Crippen molar-refractivity contribution in [2.24, 2.45) is 0 Å². The molecular weight excluding hydrogens is 358 g/mol. The largest absolute Gasteiger partial charge is 0.343 e. The molecule has 0 saturated heterocycles. The fourth-order valence-electron chi connectivity index (χ4n) is 3.01. The number of anilines is 1. The summed E-state index contributed by atoms with van der Waals surface area (Å²) in [6.45, 7) is 11.6. The lowest BCUT2D eigenvalue weighted by Crippen LogP contribution is -2.30. The number of rotatable bonds is 8. The van der Waals surface area contributed by atoms with E-state index in [0.717, 1.165) is 11.3 Å². The molecule has 0 bridgehead atoms. The molecule has 146 valence electrons. The molecule has 2 amide bonds. The molecule has 0 radical (unpaired) electrons. The molecule has 2 rings (SSSR count). The first-order valence-corrected chi connectivity index (χ1v) is 10.3. The van der Waals surface area contributed by atoms with Crippen molar-refractivity contribution in [2.45, 2.75) is 53.9 Å². The molecule has 2 aromatic rings. The lowest BCUT2D eigenvalue weighted by atomic mass is 9.99. The molecule has 5 nitrogen and oxygen atoms in total. The average Bonchev–Trinajstić information content (AvgIpc) is 3.07. The summed E-state index contributed by atoms with van der Waals surface area (Å²) in [6, 6.07) is 4.30. The van der Waals surface area contributed by atoms with Crippen molar-refractivity contribution in [3.05, 3.63) is 34.2 Å². The van der Waals surface area contributed by atoms with Gasteiger partial charge in [-0.3, -0.25) is 9.59 Å². The molecule has 27 heavy (non-hydrogen) atoms. The summed E-state index contributed by atoms with van der Waals surface area (Å²) in [7, 11) is 0. The summed E-state index contributed by atoms with van der Waals surface area (Å²) in [4.78, 5) is 30.5. The second-order valence-electron chi connectivity index (χ2n) is 6.76. The zero-order valence-corrected chi connectivity index (χ0v) is 17.7. The Labute approximate surface area is 165 Å². The predicted molar refractivity (Wildman–Crippen MR) is 112 cm³/mol. The minimum Gasteiger partial charge on any atom is -0.343 e. The Bertz CT molecular complexity index is 810. The summed E-state index contributed by atoms with van der Waals surface area (Å²) in [5, 5.41) is 5.42. The number of carbonyl (C=O) groups excluding carboxylic acids is 2. The van der Waals surface area contributed by atoms with Gasteiger partial charge in [-0.15, -0.1) is 11.3 Å². The van der Waals surface area contributed by atoms with Crippen LogP contribution in [-0.4, -0.2) is 34.8 Å². The van der Waals surface area contributed by atoms with Crippen LogP contribution in [0.4, 0.5) is 5.13 Å². The lowest BCUT2D eigenvalue weighted by molar-refractivity contribution is -0.130. The van der Waals surface area contributed by atoms with Gasteiger partial charge in [0.05, 0.1) is 5.69 Å². The van der Waals surface area contributed by atoms with Crippen LogP contribution in [0.1, 0.15) is 49.8 Å². The molecule has 0 aliphatic rings. The highest BCUT2D eigenvalue weighted by Crippen LogP contribution is 2.29. The van der Waals surface area contributed by atoms with Gasteiger partial charge in [0.15, 0.2) is 5.13 Å². The van der Waals surface area contributed by atoms with Crippen LogP contribution in [0.5, 0.6) is 0 Å². The number of hydrogen-bond acceptors (Lipinski definition) is 4. The predicted octanol–water partition coefficient (Wildman–Crippen LogP) is 4.71. The van der Waals surface area contributed by atoms with E-state index >= 15 is 0 Å². The number of hydrogen-bond donors (Lipinski definition) is 1. The van der Waals surface area contributed by atoms with Crippen LogP contribution >= 0.6 is 11.3 Å². The van der Waals surface area contributed by atoms with Crippen LogP contribution in [0.15, 0.2) is 17.5 Å². The highest BCUT2D eigenvalue weighted by Gasteiger charge is 2.13. The standard InChI is InChI=1S/C21H29N3O2S/c1-6-24(7-2)20(26)10-8-9-19(25)23-21-22-18(13-27-21)17-12-15(4)14(3)11-16(17)5/h11-13H,6-10H2,1-5H3,(H,22,23,25). The second kappa shape index (κ2) is 9.65. The van der Waals surface area contributed by atoms with Gasteiger partial charge in [-0.1, -0.05) is 6.07 Å². The van der Waals surface area contributed by atoms with Crippen LogP contribution in [0.3, 0.4) is 0 Å². The van der Waals surface area contributed by atoms with Crippen molar-refractivity contribution in [1.82, 2.24) is 9.88 Å². The summed E-state index contributed by atoms with van der Waals surface area (Å²) in [5.74, 6) is 0.00889. The smallest absolute Gasteiger partial charge is 0.226 e. The van der Waals surface area contributed by atoms with E-state index in [1.54, 1.807) is 4.90 Å². The number of carbonyl (C=O) groups is 2. The highest BCUT2D eigenvalue weighted by atomic mass is 32.1. The number of nitrogens with zero attached hydrogens (tertiary/aromatic N) is 2. The van der Waals surface area contributed by atoms with Gasteiger partial charge < -0.3 is 10.2 Å². The minimum atomic E-state index is -0.0972.